The molecule has 0 aliphatic heterocycles. The molecule has 0 aliphatic carbocycles. The summed E-state index contributed by atoms with van der Waals surface area (Å²) in [4.78, 5) is 0. The second-order valence-electron chi connectivity index (χ2n) is 5.98. The van der Waals surface area contributed by atoms with Crippen LogP contribution in [-0.2, 0) is 6.42 Å². The Hall–Kier alpha value is -1.60. The molecule has 0 aliphatic rings. The summed E-state index contributed by atoms with van der Waals surface area (Å²) in [6, 6.07) is 18.0. The summed E-state index contributed by atoms with van der Waals surface area (Å²) < 4.78 is 0. The Morgan fingerprint density at radius 2 is 1.65 bits per heavy atom. The molecule has 2 aromatic rings. The Kier molecular flexibility index (Phi) is 4.97. The van der Waals surface area contributed by atoms with Crippen LogP contribution in [0.3, 0.4) is 0 Å². The number of benzene rings is 2. The Bertz CT molecular complexity index is 540. The Labute approximate surface area is 123 Å². The smallest absolute Gasteiger partial charge is 0.0574 e. The first-order chi connectivity index (χ1) is 9.60. The Morgan fingerprint density at radius 1 is 0.950 bits per heavy atom. The highest BCUT2D eigenvalue weighted by atomic mass is 14.9. The molecule has 1 heteroatoms. The van der Waals surface area contributed by atoms with Crippen molar-refractivity contribution < 1.29 is 0 Å². The molecule has 0 amide bonds. The van der Waals surface area contributed by atoms with Crippen LogP contribution in [0.15, 0.2) is 48.5 Å². The molecule has 1 atom stereocenters. The van der Waals surface area contributed by atoms with Gasteiger partial charge in [-0.15, -0.1) is 0 Å². The molecule has 0 bridgehead atoms. The number of hydrogen-bond donors (Lipinski definition) is 1. The molecule has 2 aromatic carbocycles. The topological polar surface area (TPSA) is 12.0 Å². The van der Waals surface area contributed by atoms with E-state index in [9.17, 15) is 0 Å². The molecule has 2 rings (SSSR count). The largest absolute Gasteiger partial charge is 0.309 e. The molecule has 0 fully saturated rings. The van der Waals surface area contributed by atoms with Gasteiger partial charge in [0, 0.05) is 0 Å². The molecule has 1 unspecified atom stereocenters. The van der Waals surface area contributed by atoms with Crippen LogP contribution in [0.25, 0.3) is 0 Å². The summed E-state index contributed by atoms with van der Waals surface area (Å²) >= 11 is 0. The summed E-state index contributed by atoms with van der Waals surface area (Å²) in [5.74, 6) is 0.706. The lowest BCUT2D eigenvalue weighted by molar-refractivity contribution is 0.645. The highest BCUT2D eigenvalue weighted by Crippen LogP contribution is 2.23. The van der Waals surface area contributed by atoms with E-state index in [-0.39, 0.29) is 6.04 Å². The third-order valence-electron chi connectivity index (χ3n) is 3.62. The SMILES string of the molecule is CNC(c1ccc(CC(C)C)cc1)c1cccc(C)c1. The van der Waals surface area contributed by atoms with Crippen LogP contribution in [0.2, 0.25) is 0 Å². The fraction of sp³-hybridized carbons (Fsp3) is 0.368. The van der Waals surface area contributed by atoms with Gasteiger partial charge in [0.25, 0.3) is 0 Å². The van der Waals surface area contributed by atoms with Gasteiger partial charge in [-0.2, -0.15) is 0 Å². The lowest BCUT2D eigenvalue weighted by Gasteiger charge is -2.18. The lowest BCUT2D eigenvalue weighted by atomic mass is 9.95. The maximum atomic E-state index is 3.42. The van der Waals surface area contributed by atoms with Crippen LogP contribution in [-0.4, -0.2) is 7.05 Å². The molecule has 0 heterocycles. The summed E-state index contributed by atoms with van der Waals surface area (Å²) in [5, 5.41) is 3.42. The van der Waals surface area contributed by atoms with Gasteiger partial charge in [0.05, 0.1) is 6.04 Å². The van der Waals surface area contributed by atoms with Crippen molar-refractivity contribution in [1.29, 1.82) is 0 Å². The molecule has 0 spiro atoms. The number of aryl methyl sites for hydroxylation is 1. The molecule has 0 saturated heterocycles. The van der Waals surface area contributed by atoms with Crippen molar-refractivity contribution >= 4 is 0 Å². The highest BCUT2D eigenvalue weighted by Gasteiger charge is 2.11. The second-order valence-corrected chi connectivity index (χ2v) is 5.98. The van der Waals surface area contributed by atoms with Gasteiger partial charge < -0.3 is 5.32 Å². The first-order valence-corrected chi connectivity index (χ1v) is 7.43. The van der Waals surface area contributed by atoms with E-state index in [0.29, 0.717) is 5.92 Å². The molecule has 106 valence electrons. The monoisotopic (exact) mass is 267 g/mol. The minimum Gasteiger partial charge on any atom is -0.309 e. The van der Waals surface area contributed by atoms with Crippen LogP contribution in [0.5, 0.6) is 0 Å². The minimum absolute atomic E-state index is 0.267. The van der Waals surface area contributed by atoms with Crippen molar-refractivity contribution in [2.75, 3.05) is 7.05 Å². The maximum absolute atomic E-state index is 3.42. The maximum Gasteiger partial charge on any atom is 0.0574 e. The normalized spacial score (nSPS) is 12.7. The van der Waals surface area contributed by atoms with Gasteiger partial charge in [0.15, 0.2) is 0 Å². The van der Waals surface area contributed by atoms with Gasteiger partial charge in [-0.1, -0.05) is 67.9 Å². The lowest BCUT2D eigenvalue weighted by Crippen LogP contribution is -2.17. The molecule has 1 N–H and O–H groups in total. The van der Waals surface area contributed by atoms with Crippen molar-refractivity contribution in [3.8, 4) is 0 Å². The van der Waals surface area contributed by atoms with Gasteiger partial charge >= 0.3 is 0 Å². The molecule has 20 heavy (non-hydrogen) atoms. The van der Waals surface area contributed by atoms with E-state index in [1.165, 1.54) is 22.3 Å². The summed E-state index contributed by atoms with van der Waals surface area (Å²) in [5.41, 5.74) is 5.37. The number of nitrogens with one attached hydrogen (secondary N) is 1. The first kappa shape index (κ1) is 14.8. The van der Waals surface area contributed by atoms with Crippen LogP contribution in [0.4, 0.5) is 0 Å². The van der Waals surface area contributed by atoms with E-state index < -0.39 is 0 Å². The van der Waals surface area contributed by atoms with E-state index >= 15 is 0 Å². The van der Waals surface area contributed by atoms with Crippen molar-refractivity contribution in [2.45, 2.75) is 33.2 Å². The van der Waals surface area contributed by atoms with Gasteiger partial charge in [-0.25, -0.2) is 0 Å². The third kappa shape index (κ3) is 3.71. The number of rotatable bonds is 5. The van der Waals surface area contributed by atoms with Crippen LogP contribution in [0, 0.1) is 12.8 Å². The van der Waals surface area contributed by atoms with E-state index in [0.717, 1.165) is 6.42 Å². The Balaban J connectivity index is 2.23. The van der Waals surface area contributed by atoms with Crippen LogP contribution < -0.4 is 5.32 Å². The van der Waals surface area contributed by atoms with E-state index in [1.54, 1.807) is 0 Å². The highest BCUT2D eigenvalue weighted by molar-refractivity contribution is 5.35. The van der Waals surface area contributed by atoms with Gasteiger partial charge in [-0.05, 0) is 43.0 Å². The van der Waals surface area contributed by atoms with Crippen molar-refractivity contribution in [3.63, 3.8) is 0 Å². The fourth-order valence-corrected chi connectivity index (χ4v) is 2.69. The third-order valence-corrected chi connectivity index (χ3v) is 3.62. The average molecular weight is 267 g/mol. The molecular weight excluding hydrogens is 242 g/mol. The molecule has 0 aromatic heterocycles. The zero-order chi connectivity index (χ0) is 14.5. The van der Waals surface area contributed by atoms with Crippen LogP contribution in [0.1, 0.15) is 42.1 Å². The molecule has 1 nitrogen and oxygen atoms in total. The minimum atomic E-state index is 0.267. The van der Waals surface area contributed by atoms with Crippen molar-refractivity contribution in [2.24, 2.45) is 5.92 Å². The zero-order valence-corrected chi connectivity index (χ0v) is 13.0. The molecular formula is C19H25N. The van der Waals surface area contributed by atoms with Crippen molar-refractivity contribution in [3.05, 3.63) is 70.8 Å². The first-order valence-electron chi connectivity index (χ1n) is 7.43. The van der Waals surface area contributed by atoms with Gasteiger partial charge in [0.1, 0.15) is 0 Å². The standard InChI is InChI=1S/C19H25N/c1-14(2)12-16-8-10-17(11-9-16)19(20-4)18-7-5-6-15(3)13-18/h5-11,13-14,19-20H,12H2,1-4H3. The summed E-state index contributed by atoms with van der Waals surface area (Å²) in [6.45, 7) is 6.66. The van der Waals surface area contributed by atoms with E-state index in [2.05, 4.69) is 74.6 Å². The van der Waals surface area contributed by atoms with Crippen molar-refractivity contribution in [1.82, 2.24) is 5.32 Å². The average Bonchev–Trinajstić information content (AvgIpc) is 2.41. The fourth-order valence-electron chi connectivity index (χ4n) is 2.69. The predicted octanol–water partition coefficient (Wildman–Crippen LogP) is 4.50. The quantitative estimate of drug-likeness (QED) is 0.841. The summed E-state index contributed by atoms with van der Waals surface area (Å²) in [7, 11) is 2.02. The van der Waals surface area contributed by atoms with Crippen LogP contribution >= 0.6 is 0 Å². The Morgan fingerprint density at radius 3 is 2.20 bits per heavy atom. The zero-order valence-electron chi connectivity index (χ0n) is 13.0. The summed E-state index contributed by atoms with van der Waals surface area (Å²) in [6.07, 6.45) is 1.15. The van der Waals surface area contributed by atoms with Gasteiger partial charge in [-0.3, -0.25) is 0 Å². The van der Waals surface area contributed by atoms with E-state index in [4.69, 9.17) is 0 Å². The van der Waals surface area contributed by atoms with E-state index in [1.807, 2.05) is 7.05 Å². The molecule has 0 saturated carbocycles. The molecule has 0 radical (unpaired) electrons. The number of hydrogen-bond acceptors (Lipinski definition) is 1. The predicted molar refractivity (Wildman–Crippen MR) is 87.1 cm³/mol. The second kappa shape index (κ2) is 6.71. The van der Waals surface area contributed by atoms with Gasteiger partial charge in [0.2, 0.25) is 0 Å².